The van der Waals surface area contributed by atoms with Gasteiger partial charge in [0, 0.05) is 17.3 Å². The van der Waals surface area contributed by atoms with E-state index in [0.29, 0.717) is 0 Å². The molecule has 0 bridgehead atoms. The molecule has 2 rings (SSSR count). The molecule has 0 aliphatic heterocycles. The lowest BCUT2D eigenvalue weighted by molar-refractivity contribution is 0.249. The summed E-state index contributed by atoms with van der Waals surface area (Å²) in [7, 11) is 0. The van der Waals surface area contributed by atoms with E-state index in [1.165, 1.54) is 12.1 Å². The molecule has 1 atom stereocenters. The third-order valence-corrected chi connectivity index (χ3v) is 3.69. The van der Waals surface area contributed by atoms with Crippen LogP contribution in [0.3, 0.4) is 0 Å². The Kier molecular flexibility index (Phi) is 4.98. The number of halogens is 2. The highest BCUT2D eigenvalue weighted by molar-refractivity contribution is 5.91. The highest BCUT2D eigenvalue weighted by atomic mass is 19.1. The molecule has 0 heterocycles. The Labute approximate surface area is 134 Å². The van der Waals surface area contributed by atoms with Crippen LogP contribution in [-0.4, -0.2) is 6.03 Å². The number of amides is 2. The number of hydrogen-bond donors (Lipinski definition) is 2. The third kappa shape index (κ3) is 4.06. The first-order valence-corrected chi connectivity index (χ1v) is 7.38. The quantitative estimate of drug-likeness (QED) is 0.840. The summed E-state index contributed by atoms with van der Waals surface area (Å²) in [6.07, 6.45) is 0. The van der Waals surface area contributed by atoms with E-state index in [4.69, 9.17) is 0 Å². The lowest BCUT2D eigenvalue weighted by atomic mass is 10.1. The Bertz CT molecular complexity index is 721. The minimum Gasteiger partial charge on any atom is -0.331 e. The molecule has 0 aromatic heterocycles. The monoisotopic (exact) mass is 318 g/mol. The van der Waals surface area contributed by atoms with Gasteiger partial charge in [0.2, 0.25) is 0 Å². The van der Waals surface area contributed by atoms with Gasteiger partial charge in [0.1, 0.15) is 11.6 Å². The topological polar surface area (TPSA) is 41.1 Å². The Hall–Kier alpha value is -2.43. The number of urea groups is 1. The molecule has 2 N–H and O–H groups in total. The van der Waals surface area contributed by atoms with Gasteiger partial charge in [0.05, 0.1) is 6.04 Å². The van der Waals surface area contributed by atoms with Crippen LogP contribution in [-0.2, 0) is 0 Å². The number of benzene rings is 2. The number of nitrogens with one attached hydrogen (secondary N) is 2. The van der Waals surface area contributed by atoms with Crippen LogP contribution in [0, 0.1) is 32.4 Å². The first-order valence-electron chi connectivity index (χ1n) is 7.38. The molecular weight excluding hydrogens is 298 g/mol. The van der Waals surface area contributed by atoms with Gasteiger partial charge < -0.3 is 10.6 Å². The maximum atomic E-state index is 13.7. The van der Waals surface area contributed by atoms with Crippen LogP contribution < -0.4 is 10.6 Å². The average Bonchev–Trinajstić information content (AvgIpc) is 2.42. The van der Waals surface area contributed by atoms with Crippen molar-refractivity contribution in [1.82, 2.24) is 5.32 Å². The largest absolute Gasteiger partial charge is 0.331 e. The molecule has 0 saturated carbocycles. The SMILES string of the molecule is Cc1cc(C)c(NC(=O)N[C@H](C)c2ccc(F)cc2F)c(C)c1. The fraction of sp³-hybridized carbons (Fsp3) is 0.278. The van der Waals surface area contributed by atoms with Crippen molar-refractivity contribution in [2.75, 3.05) is 5.32 Å². The summed E-state index contributed by atoms with van der Waals surface area (Å²) in [6.45, 7) is 7.46. The summed E-state index contributed by atoms with van der Waals surface area (Å²) in [6, 6.07) is 6.25. The van der Waals surface area contributed by atoms with E-state index >= 15 is 0 Å². The van der Waals surface area contributed by atoms with Crippen molar-refractivity contribution in [1.29, 1.82) is 0 Å². The molecule has 0 unspecified atom stereocenters. The van der Waals surface area contributed by atoms with Gasteiger partial charge in [0.15, 0.2) is 0 Å². The maximum absolute atomic E-state index is 13.7. The second-order valence-electron chi connectivity index (χ2n) is 5.76. The van der Waals surface area contributed by atoms with Gasteiger partial charge in [0.25, 0.3) is 0 Å². The molecule has 122 valence electrons. The van der Waals surface area contributed by atoms with E-state index in [2.05, 4.69) is 10.6 Å². The van der Waals surface area contributed by atoms with Crippen LogP contribution in [0.4, 0.5) is 19.3 Å². The Balaban J connectivity index is 2.10. The molecule has 0 aliphatic rings. The molecule has 0 saturated heterocycles. The van der Waals surface area contributed by atoms with Gasteiger partial charge in [-0.2, -0.15) is 0 Å². The van der Waals surface area contributed by atoms with Gasteiger partial charge in [-0.3, -0.25) is 0 Å². The van der Waals surface area contributed by atoms with E-state index in [0.717, 1.165) is 28.4 Å². The third-order valence-electron chi connectivity index (χ3n) is 3.69. The van der Waals surface area contributed by atoms with Crippen LogP contribution in [0.5, 0.6) is 0 Å². The van der Waals surface area contributed by atoms with E-state index in [9.17, 15) is 13.6 Å². The molecule has 23 heavy (non-hydrogen) atoms. The highest BCUT2D eigenvalue weighted by Crippen LogP contribution is 2.22. The number of hydrogen-bond acceptors (Lipinski definition) is 1. The van der Waals surface area contributed by atoms with E-state index in [-0.39, 0.29) is 5.56 Å². The van der Waals surface area contributed by atoms with Gasteiger partial charge in [-0.05, 0) is 44.9 Å². The van der Waals surface area contributed by atoms with Crippen LogP contribution in [0.1, 0.15) is 35.2 Å². The minimum absolute atomic E-state index is 0.235. The molecule has 2 amide bonds. The Morgan fingerprint density at radius 1 is 1.04 bits per heavy atom. The van der Waals surface area contributed by atoms with Crippen molar-refractivity contribution in [2.45, 2.75) is 33.7 Å². The second kappa shape index (κ2) is 6.77. The fourth-order valence-corrected chi connectivity index (χ4v) is 2.65. The summed E-state index contributed by atoms with van der Waals surface area (Å²) in [5.41, 5.74) is 4.00. The normalized spacial score (nSPS) is 11.9. The van der Waals surface area contributed by atoms with Gasteiger partial charge in [-0.15, -0.1) is 0 Å². The number of rotatable bonds is 3. The first-order chi connectivity index (χ1) is 10.8. The maximum Gasteiger partial charge on any atom is 0.319 e. The number of anilines is 1. The summed E-state index contributed by atoms with van der Waals surface area (Å²) < 4.78 is 26.7. The molecule has 0 radical (unpaired) electrons. The summed E-state index contributed by atoms with van der Waals surface area (Å²) in [5.74, 6) is -1.32. The van der Waals surface area contributed by atoms with Gasteiger partial charge in [-0.1, -0.05) is 23.8 Å². The average molecular weight is 318 g/mol. The summed E-state index contributed by atoms with van der Waals surface area (Å²) in [4.78, 5) is 12.1. The fourth-order valence-electron chi connectivity index (χ4n) is 2.65. The van der Waals surface area contributed by atoms with Crippen molar-refractivity contribution < 1.29 is 13.6 Å². The van der Waals surface area contributed by atoms with E-state index in [1.807, 2.05) is 32.9 Å². The van der Waals surface area contributed by atoms with Crippen LogP contribution in [0.15, 0.2) is 30.3 Å². The standard InChI is InChI=1S/C18H20F2N2O/c1-10-7-11(2)17(12(3)8-10)22-18(23)21-13(4)15-6-5-14(19)9-16(15)20/h5-9,13H,1-4H3,(H2,21,22,23)/t13-/m1/s1. The van der Waals surface area contributed by atoms with E-state index in [1.54, 1.807) is 6.92 Å². The number of aryl methyl sites for hydroxylation is 3. The molecule has 0 fully saturated rings. The zero-order chi connectivity index (χ0) is 17.1. The predicted octanol–water partition coefficient (Wildman–Crippen LogP) is 4.77. The smallest absolute Gasteiger partial charge is 0.319 e. The van der Waals surface area contributed by atoms with Gasteiger partial charge in [-0.25, -0.2) is 13.6 Å². The zero-order valence-electron chi connectivity index (χ0n) is 13.6. The second-order valence-corrected chi connectivity index (χ2v) is 5.76. The van der Waals surface area contributed by atoms with E-state index < -0.39 is 23.7 Å². The van der Waals surface area contributed by atoms with Crippen molar-refractivity contribution in [3.05, 3.63) is 64.2 Å². The number of carbonyl (C=O) groups is 1. The Morgan fingerprint density at radius 3 is 2.22 bits per heavy atom. The van der Waals surface area contributed by atoms with Crippen LogP contribution >= 0.6 is 0 Å². The number of carbonyl (C=O) groups excluding carboxylic acids is 1. The Morgan fingerprint density at radius 2 is 1.65 bits per heavy atom. The molecule has 0 spiro atoms. The lowest BCUT2D eigenvalue weighted by Gasteiger charge is -2.18. The lowest BCUT2D eigenvalue weighted by Crippen LogP contribution is -2.32. The van der Waals surface area contributed by atoms with Crippen LogP contribution in [0.2, 0.25) is 0 Å². The van der Waals surface area contributed by atoms with Gasteiger partial charge >= 0.3 is 6.03 Å². The molecule has 3 nitrogen and oxygen atoms in total. The zero-order valence-corrected chi connectivity index (χ0v) is 13.6. The molecular formula is C18H20F2N2O. The molecule has 2 aromatic rings. The van der Waals surface area contributed by atoms with Crippen LogP contribution in [0.25, 0.3) is 0 Å². The first kappa shape index (κ1) is 16.9. The molecule has 5 heteroatoms. The molecule has 0 aliphatic carbocycles. The molecule has 2 aromatic carbocycles. The highest BCUT2D eigenvalue weighted by Gasteiger charge is 2.15. The van der Waals surface area contributed by atoms with Crippen molar-refractivity contribution in [2.24, 2.45) is 0 Å². The minimum atomic E-state index is -0.680. The summed E-state index contributed by atoms with van der Waals surface area (Å²) >= 11 is 0. The summed E-state index contributed by atoms with van der Waals surface area (Å²) in [5, 5.41) is 5.45. The van der Waals surface area contributed by atoms with Crippen molar-refractivity contribution in [3.63, 3.8) is 0 Å². The van der Waals surface area contributed by atoms with Crippen molar-refractivity contribution >= 4 is 11.7 Å². The van der Waals surface area contributed by atoms with Crippen molar-refractivity contribution in [3.8, 4) is 0 Å². The predicted molar refractivity (Wildman–Crippen MR) is 87.6 cm³/mol.